The molecular formula is C18H23NO2. The smallest absolute Gasteiger partial charge is 0.139 e. The Morgan fingerprint density at radius 1 is 1.05 bits per heavy atom. The summed E-state index contributed by atoms with van der Waals surface area (Å²) in [7, 11) is 1.66. The summed E-state index contributed by atoms with van der Waals surface area (Å²) < 4.78 is 11.4. The number of benzene rings is 2. The maximum atomic E-state index is 6.26. The van der Waals surface area contributed by atoms with E-state index < -0.39 is 0 Å². The van der Waals surface area contributed by atoms with Gasteiger partial charge in [-0.15, -0.1) is 0 Å². The fourth-order valence-electron chi connectivity index (χ4n) is 2.27. The van der Waals surface area contributed by atoms with Gasteiger partial charge in [0.15, 0.2) is 0 Å². The lowest BCUT2D eigenvalue weighted by Gasteiger charge is -2.25. The van der Waals surface area contributed by atoms with Crippen molar-refractivity contribution in [2.24, 2.45) is 5.73 Å². The summed E-state index contributed by atoms with van der Waals surface area (Å²) in [6.45, 7) is 4.12. The molecule has 2 unspecified atom stereocenters. The molecule has 0 amide bonds. The topological polar surface area (TPSA) is 44.5 Å². The second kappa shape index (κ2) is 7.14. The summed E-state index contributed by atoms with van der Waals surface area (Å²) in [6, 6.07) is 15.8. The van der Waals surface area contributed by atoms with Gasteiger partial charge in [-0.1, -0.05) is 31.2 Å². The average molecular weight is 285 g/mol. The van der Waals surface area contributed by atoms with E-state index in [1.165, 1.54) is 5.56 Å². The second-order valence-corrected chi connectivity index (χ2v) is 5.20. The first-order valence-electron chi connectivity index (χ1n) is 7.27. The Kier molecular flexibility index (Phi) is 5.23. The Balaban J connectivity index is 2.29. The Hall–Kier alpha value is -2.00. The number of ether oxygens (including phenoxy) is 2. The van der Waals surface area contributed by atoms with Crippen LogP contribution in [0.5, 0.6) is 11.5 Å². The van der Waals surface area contributed by atoms with Crippen LogP contribution in [-0.4, -0.2) is 13.2 Å². The molecule has 21 heavy (non-hydrogen) atoms. The number of nitrogens with two attached hydrogens (primary N) is 1. The minimum absolute atomic E-state index is 0.0716. The van der Waals surface area contributed by atoms with Crippen molar-refractivity contribution >= 4 is 0 Å². The van der Waals surface area contributed by atoms with Crippen molar-refractivity contribution in [2.45, 2.75) is 32.4 Å². The van der Waals surface area contributed by atoms with E-state index >= 15 is 0 Å². The van der Waals surface area contributed by atoms with Gasteiger partial charge in [0.25, 0.3) is 0 Å². The lowest BCUT2D eigenvalue weighted by atomic mass is 10.0. The summed E-state index contributed by atoms with van der Waals surface area (Å²) in [5, 5.41) is 0. The average Bonchev–Trinajstić information content (AvgIpc) is 2.52. The van der Waals surface area contributed by atoms with Gasteiger partial charge in [0, 0.05) is 6.04 Å². The number of methoxy groups -OCH3 is 1. The van der Waals surface area contributed by atoms with Crippen LogP contribution in [-0.2, 0) is 0 Å². The van der Waals surface area contributed by atoms with Gasteiger partial charge >= 0.3 is 0 Å². The van der Waals surface area contributed by atoms with E-state index in [9.17, 15) is 0 Å². The fraction of sp³-hybridized carbons (Fsp3) is 0.333. The highest BCUT2D eigenvalue weighted by atomic mass is 16.5. The first-order chi connectivity index (χ1) is 10.1. The van der Waals surface area contributed by atoms with Crippen LogP contribution in [0.15, 0.2) is 48.5 Å². The molecule has 0 spiro atoms. The molecule has 0 fully saturated rings. The maximum Gasteiger partial charge on any atom is 0.139 e. The zero-order chi connectivity index (χ0) is 15.2. The third kappa shape index (κ3) is 3.99. The van der Waals surface area contributed by atoms with Crippen LogP contribution in [0.4, 0.5) is 0 Å². The van der Waals surface area contributed by atoms with Crippen LogP contribution < -0.4 is 15.2 Å². The summed E-state index contributed by atoms with van der Waals surface area (Å²) in [5.74, 6) is 1.65. The molecule has 2 rings (SSSR count). The van der Waals surface area contributed by atoms with Crippen molar-refractivity contribution < 1.29 is 9.47 Å². The van der Waals surface area contributed by atoms with E-state index in [4.69, 9.17) is 15.2 Å². The number of rotatable bonds is 6. The molecule has 112 valence electrons. The van der Waals surface area contributed by atoms with Gasteiger partial charge in [-0.05, 0) is 48.7 Å². The molecule has 0 saturated carbocycles. The van der Waals surface area contributed by atoms with Gasteiger partial charge < -0.3 is 15.2 Å². The van der Waals surface area contributed by atoms with E-state index in [1.807, 2.05) is 55.5 Å². The summed E-state index contributed by atoms with van der Waals surface area (Å²) in [6.07, 6.45) is 0.653. The Morgan fingerprint density at radius 2 is 1.76 bits per heavy atom. The third-order valence-electron chi connectivity index (χ3n) is 3.54. The van der Waals surface area contributed by atoms with Crippen LogP contribution in [0.1, 0.15) is 30.6 Å². The molecule has 2 aromatic carbocycles. The van der Waals surface area contributed by atoms with Crippen molar-refractivity contribution in [1.29, 1.82) is 0 Å². The molecule has 0 saturated heterocycles. The summed E-state index contributed by atoms with van der Waals surface area (Å²) in [4.78, 5) is 0. The van der Waals surface area contributed by atoms with Gasteiger partial charge in [0.05, 0.1) is 7.11 Å². The van der Waals surface area contributed by atoms with Gasteiger partial charge in [-0.3, -0.25) is 0 Å². The van der Waals surface area contributed by atoms with E-state index in [1.54, 1.807) is 7.11 Å². The highest BCUT2D eigenvalue weighted by Crippen LogP contribution is 2.28. The van der Waals surface area contributed by atoms with Gasteiger partial charge in [0.2, 0.25) is 0 Å². The first kappa shape index (κ1) is 15.4. The van der Waals surface area contributed by atoms with Gasteiger partial charge in [-0.2, -0.15) is 0 Å². The molecular weight excluding hydrogens is 262 g/mol. The number of hydrogen-bond donors (Lipinski definition) is 1. The van der Waals surface area contributed by atoms with Crippen molar-refractivity contribution in [3.63, 3.8) is 0 Å². The Labute approximate surface area is 126 Å². The monoisotopic (exact) mass is 285 g/mol. The second-order valence-electron chi connectivity index (χ2n) is 5.20. The van der Waals surface area contributed by atoms with Crippen LogP contribution in [0.25, 0.3) is 0 Å². The van der Waals surface area contributed by atoms with Crippen molar-refractivity contribution in [1.82, 2.24) is 0 Å². The molecule has 0 aliphatic carbocycles. The largest absolute Gasteiger partial charge is 0.497 e. The van der Waals surface area contributed by atoms with Crippen LogP contribution in [0, 0.1) is 6.92 Å². The van der Waals surface area contributed by atoms with E-state index in [2.05, 4.69) is 6.92 Å². The van der Waals surface area contributed by atoms with Crippen LogP contribution in [0.2, 0.25) is 0 Å². The molecule has 0 bridgehead atoms. The maximum absolute atomic E-state index is 6.26. The molecule has 2 N–H and O–H groups in total. The Morgan fingerprint density at radius 3 is 2.43 bits per heavy atom. The van der Waals surface area contributed by atoms with Crippen molar-refractivity contribution in [3.8, 4) is 11.5 Å². The minimum atomic E-state index is -0.188. The lowest BCUT2D eigenvalue weighted by Crippen LogP contribution is -2.31. The predicted octanol–water partition coefficient (Wildman–Crippen LogP) is 3.86. The van der Waals surface area contributed by atoms with Crippen LogP contribution >= 0.6 is 0 Å². The molecule has 0 heterocycles. The lowest BCUT2D eigenvalue weighted by molar-refractivity contribution is 0.170. The first-order valence-corrected chi connectivity index (χ1v) is 7.27. The molecule has 0 aliphatic rings. The molecule has 2 aromatic rings. The van der Waals surface area contributed by atoms with Crippen molar-refractivity contribution in [2.75, 3.05) is 7.11 Å². The minimum Gasteiger partial charge on any atom is -0.497 e. The zero-order valence-electron chi connectivity index (χ0n) is 12.9. The van der Waals surface area contributed by atoms with E-state index in [0.29, 0.717) is 0 Å². The normalized spacial score (nSPS) is 13.5. The fourth-order valence-corrected chi connectivity index (χ4v) is 2.27. The highest BCUT2D eigenvalue weighted by molar-refractivity contribution is 5.33. The molecule has 0 radical (unpaired) electrons. The predicted molar refractivity (Wildman–Crippen MR) is 85.8 cm³/mol. The highest BCUT2D eigenvalue weighted by Gasteiger charge is 2.21. The number of hydrogen-bond acceptors (Lipinski definition) is 3. The van der Waals surface area contributed by atoms with Crippen LogP contribution in [0.3, 0.4) is 0 Å². The number of aryl methyl sites for hydroxylation is 1. The Bertz CT molecular complexity index is 583. The summed E-state index contributed by atoms with van der Waals surface area (Å²) in [5.41, 5.74) is 8.46. The molecule has 2 atom stereocenters. The standard InChI is InChI=1S/C18H23NO2/c1-4-17(19)18(14-8-6-9-15(12-14)20-3)21-16-10-5-7-13(2)11-16/h5-12,17-18H,4,19H2,1-3H3. The quantitative estimate of drug-likeness (QED) is 0.876. The van der Waals surface area contributed by atoms with E-state index in [-0.39, 0.29) is 12.1 Å². The zero-order valence-corrected chi connectivity index (χ0v) is 12.9. The molecule has 3 heteroatoms. The molecule has 3 nitrogen and oxygen atoms in total. The molecule has 0 aliphatic heterocycles. The van der Waals surface area contributed by atoms with Gasteiger partial charge in [0.1, 0.15) is 17.6 Å². The van der Waals surface area contributed by atoms with E-state index in [0.717, 1.165) is 23.5 Å². The van der Waals surface area contributed by atoms with Crippen molar-refractivity contribution in [3.05, 3.63) is 59.7 Å². The summed E-state index contributed by atoms with van der Waals surface area (Å²) >= 11 is 0. The van der Waals surface area contributed by atoms with Gasteiger partial charge in [-0.25, -0.2) is 0 Å². The molecule has 0 aromatic heterocycles. The SMILES string of the molecule is CCC(N)C(Oc1cccc(C)c1)c1cccc(OC)c1. The third-order valence-corrected chi connectivity index (χ3v) is 3.54.